The van der Waals surface area contributed by atoms with Gasteiger partial charge in [0.1, 0.15) is 0 Å². The number of benzene rings is 1. The minimum Gasteiger partial charge on any atom is -0.369 e. The molecule has 2 amide bonds. The summed E-state index contributed by atoms with van der Waals surface area (Å²) in [5.41, 5.74) is 6.05. The van der Waals surface area contributed by atoms with Gasteiger partial charge in [0.05, 0.1) is 17.2 Å². The lowest BCUT2D eigenvalue weighted by Gasteiger charge is -2.19. The number of hydrogen-bond donors (Lipinski definition) is 1. The van der Waals surface area contributed by atoms with Crippen LogP contribution in [-0.2, 0) is 9.59 Å². The van der Waals surface area contributed by atoms with E-state index in [2.05, 4.69) is 15.9 Å². The quantitative estimate of drug-likeness (QED) is 0.849. The fourth-order valence-electron chi connectivity index (χ4n) is 1.82. The van der Waals surface area contributed by atoms with Gasteiger partial charge in [-0.05, 0) is 18.2 Å². The molecule has 94 valence electrons. The molecule has 2 rings (SSSR count). The first-order valence-electron chi connectivity index (χ1n) is 5.37. The molecule has 6 heteroatoms. The Morgan fingerprint density at radius 1 is 1.44 bits per heavy atom. The summed E-state index contributed by atoms with van der Waals surface area (Å²) in [5, 5.41) is 0. The van der Waals surface area contributed by atoms with Gasteiger partial charge in [-0.2, -0.15) is 0 Å². The van der Waals surface area contributed by atoms with E-state index in [4.69, 9.17) is 5.73 Å². The second kappa shape index (κ2) is 4.53. The standard InChI is InChI=1S/C12H11BrN2O3/c1-6(11(14)17)5-15-9-3-2-7(13)4-8(9)10(16)12(15)18/h2-4,6H,5H2,1H3,(H2,14,17). The number of rotatable bonds is 3. The molecule has 0 radical (unpaired) electrons. The Morgan fingerprint density at radius 2 is 2.11 bits per heavy atom. The third kappa shape index (κ3) is 2.03. The second-order valence-electron chi connectivity index (χ2n) is 4.21. The molecule has 0 aliphatic carbocycles. The van der Waals surface area contributed by atoms with Gasteiger partial charge in [-0.3, -0.25) is 14.4 Å². The number of fused-ring (bicyclic) bond motifs is 1. The zero-order valence-electron chi connectivity index (χ0n) is 9.64. The van der Waals surface area contributed by atoms with E-state index >= 15 is 0 Å². The third-order valence-electron chi connectivity index (χ3n) is 2.88. The molecule has 1 aliphatic rings. The first-order chi connectivity index (χ1) is 8.41. The van der Waals surface area contributed by atoms with Crippen molar-refractivity contribution >= 4 is 39.2 Å². The van der Waals surface area contributed by atoms with Crippen molar-refractivity contribution in [3.05, 3.63) is 28.2 Å². The third-order valence-corrected chi connectivity index (χ3v) is 3.37. The van der Waals surface area contributed by atoms with Crippen LogP contribution in [0.15, 0.2) is 22.7 Å². The highest BCUT2D eigenvalue weighted by atomic mass is 79.9. The maximum atomic E-state index is 11.8. The summed E-state index contributed by atoms with van der Waals surface area (Å²) < 4.78 is 0.729. The summed E-state index contributed by atoms with van der Waals surface area (Å²) in [6.45, 7) is 1.74. The molecule has 0 fully saturated rings. The Labute approximate surface area is 112 Å². The highest BCUT2D eigenvalue weighted by molar-refractivity contribution is 9.10. The Kier molecular flexibility index (Phi) is 3.21. The average Bonchev–Trinajstić information content (AvgIpc) is 2.54. The zero-order chi connectivity index (χ0) is 13.4. The van der Waals surface area contributed by atoms with Crippen LogP contribution >= 0.6 is 15.9 Å². The molecule has 2 N–H and O–H groups in total. The van der Waals surface area contributed by atoms with E-state index in [9.17, 15) is 14.4 Å². The predicted molar refractivity (Wildman–Crippen MR) is 69.2 cm³/mol. The first kappa shape index (κ1) is 12.8. The number of amides is 2. The van der Waals surface area contributed by atoms with E-state index in [0.717, 1.165) is 4.47 Å². The average molecular weight is 311 g/mol. The molecule has 1 unspecified atom stereocenters. The fraction of sp³-hybridized carbons (Fsp3) is 0.250. The SMILES string of the molecule is CC(CN1C(=O)C(=O)c2cc(Br)ccc21)C(N)=O. The Bertz CT molecular complexity index is 556. The molecule has 1 aliphatic heterocycles. The highest BCUT2D eigenvalue weighted by Gasteiger charge is 2.36. The van der Waals surface area contributed by atoms with Crippen LogP contribution in [0.25, 0.3) is 0 Å². The topological polar surface area (TPSA) is 80.5 Å². The molecule has 1 atom stereocenters. The summed E-state index contributed by atoms with van der Waals surface area (Å²) in [6.07, 6.45) is 0. The van der Waals surface area contributed by atoms with Crippen LogP contribution in [-0.4, -0.2) is 24.1 Å². The molecule has 0 bridgehead atoms. The van der Waals surface area contributed by atoms with Crippen LogP contribution in [0.5, 0.6) is 0 Å². The van der Waals surface area contributed by atoms with Crippen molar-refractivity contribution in [3.8, 4) is 0 Å². The predicted octanol–water partition coefficient (Wildman–Crippen LogP) is 1.10. The largest absolute Gasteiger partial charge is 0.369 e. The van der Waals surface area contributed by atoms with Crippen LogP contribution < -0.4 is 10.6 Å². The molecule has 0 spiro atoms. The summed E-state index contributed by atoms with van der Waals surface area (Å²) >= 11 is 3.25. The molecule has 5 nitrogen and oxygen atoms in total. The first-order valence-corrected chi connectivity index (χ1v) is 6.16. The van der Waals surface area contributed by atoms with Crippen LogP contribution in [0.4, 0.5) is 5.69 Å². The minimum absolute atomic E-state index is 0.120. The summed E-state index contributed by atoms with van der Waals surface area (Å²) in [7, 11) is 0. The van der Waals surface area contributed by atoms with E-state index in [0.29, 0.717) is 11.3 Å². The van der Waals surface area contributed by atoms with Gasteiger partial charge in [-0.25, -0.2) is 0 Å². The van der Waals surface area contributed by atoms with Crippen LogP contribution in [0.3, 0.4) is 0 Å². The van der Waals surface area contributed by atoms with Gasteiger partial charge in [0.25, 0.3) is 11.7 Å². The number of nitrogens with zero attached hydrogens (tertiary/aromatic N) is 1. The molecule has 18 heavy (non-hydrogen) atoms. The van der Waals surface area contributed by atoms with Gasteiger partial charge < -0.3 is 10.6 Å². The Balaban J connectivity index is 2.37. The number of carbonyl (C=O) groups is 3. The van der Waals surface area contributed by atoms with Crippen molar-refractivity contribution in [2.45, 2.75) is 6.92 Å². The van der Waals surface area contributed by atoms with Gasteiger partial charge in [0.15, 0.2) is 0 Å². The van der Waals surface area contributed by atoms with Crippen molar-refractivity contribution in [2.75, 3.05) is 11.4 Å². The fourth-order valence-corrected chi connectivity index (χ4v) is 2.18. The van der Waals surface area contributed by atoms with Crippen LogP contribution in [0.1, 0.15) is 17.3 Å². The van der Waals surface area contributed by atoms with Gasteiger partial charge in [0.2, 0.25) is 5.91 Å². The second-order valence-corrected chi connectivity index (χ2v) is 5.13. The molecule has 1 aromatic rings. The molecule has 0 saturated heterocycles. The van der Waals surface area contributed by atoms with Gasteiger partial charge in [-0.15, -0.1) is 0 Å². The molecule has 0 saturated carbocycles. The lowest BCUT2D eigenvalue weighted by Crippen LogP contribution is -2.38. The summed E-state index contributed by atoms with van der Waals surface area (Å²) in [4.78, 5) is 36.0. The van der Waals surface area contributed by atoms with Crippen LogP contribution in [0, 0.1) is 5.92 Å². The van der Waals surface area contributed by atoms with E-state index in [1.807, 2.05) is 0 Å². The van der Waals surface area contributed by atoms with Crippen molar-refractivity contribution in [2.24, 2.45) is 11.7 Å². The molecule has 1 aromatic carbocycles. The van der Waals surface area contributed by atoms with Crippen molar-refractivity contribution in [1.29, 1.82) is 0 Å². The summed E-state index contributed by atoms with van der Waals surface area (Å²) in [6, 6.07) is 5.02. The maximum absolute atomic E-state index is 11.8. The number of carbonyl (C=O) groups excluding carboxylic acids is 3. The van der Waals surface area contributed by atoms with Crippen molar-refractivity contribution in [1.82, 2.24) is 0 Å². The highest BCUT2D eigenvalue weighted by Crippen LogP contribution is 2.31. The van der Waals surface area contributed by atoms with Gasteiger partial charge in [0, 0.05) is 11.0 Å². The van der Waals surface area contributed by atoms with E-state index < -0.39 is 23.5 Å². The maximum Gasteiger partial charge on any atom is 0.299 e. The van der Waals surface area contributed by atoms with Gasteiger partial charge in [-0.1, -0.05) is 22.9 Å². The van der Waals surface area contributed by atoms with Gasteiger partial charge >= 0.3 is 0 Å². The van der Waals surface area contributed by atoms with E-state index in [1.165, 1.54) is 4.90 Å². The number of anilines is 1. The number of ketones is 1. The zero-order valence-corrected chi connectivity index (χ0v) is 11.2. The Morgan fingerprint density at radius 3 is 2.72 bits per heavy atom. The smallest absolute Gasteiger partial charge is 0.299 e. The van der Waals surface area contributed by atoms with Crippen molar-refractivity contribution < 1.29 is 14.4 Å². The summed E-state index contributed by atoms with van der Waals surface area (Å²) in [5.74, 6) is -2.17. The van der Waals surface area contributed by atoms with Crippen LogP contribution in [0.2, 0.25) is 0 Å². The molecular formula is C12H11BrN2O3. The lowest BCUT2D eigenvalue weighted by atomic mass is 10.1. The van der Waals surface area contributed by atoms with E-state index in [-0.39, 0.29) is 6.54 Å². The molecule has 1 heterocycles. The number of hydrogen-bond acceptors (Lipinski definition) is 3. The lowest BCUT2D eigenvalue weighted by molar-refractivity contribution is -0.121. The Hall–Kier alpha value is -1.69. The normalized spacial score (nSPS) is 15.8. The number of primary amides is 1. The monoisotopic (exact) mass is 310 g/mol. The minimum atomic E-state index is -0.615. The number of nitrogens with two attached hydrogens (primary N) is 1. The van der Waals surface area contributed by atoms with Crippen molar-refractivity contribution in [3.63, 3.8) is 0 Å². The van der Waals surface area contributed by atoms with E-state index in [1.54, 1.807) is 25.1 Å². The molecular weight excluding hydrogens is 300 g/mol. The number of Topliss-reactive ketones (excluding diaryl/α,β-unsaturated/α-hetero) is 1. The molecule has 0 aromatic heterocycles. The number of halogens is 1.